The van der Waals surface area contributed by atoms with E-state index >= 15 is 0 Å². The van der Waals surface area contributed by atoms with Crippen LogP contribution in [0.4, 0.5) is 4.39 Å². The number of aryl methyl sites for hydroxylation is 1. The molecule has 1 atom stereocenters. The summed E-state index contributed by atoms with van der Waals surface area (Å²) in [5.74, 6) is 1.32. The lowest BCUT2D eigenvalue weighted by molar-refractivity contribution is 0.245. The Kier molecular flexibility index (Phi) is 8.36. The number of aromatic nitrogens is 2. The number of rotatable bonds is 11. The molecule has 0 radical (unpaired) electrons. The van der Waals surface area contributed by atoms with Crippen molar-refractivity contribution >= 4 is 0 Å². The molecule has 1 heterocycles. The van der Waals surface area contributed by atoms with Gasteiger partial charge in [-0.1, -0.05) is 62.4 Å². The van der Waals surface area contributed by atoms with Gasteiger partial charge in [-0.3, -0.25) is 0 Å². The number of nitrogens with zero attached hydrogens (tertiary/aromatic N) is 2. The summed E-state index contributed by atoms with van der Waals surface area (Å²) in [6.07, 6.45) is 9.13. The zero-order valence-corrected chi connectivity index (χ0v) is 15.4. The number of unbranched alkanes of at least 4 members (excludes halogenated alkanes) is 3. The van der Waals surface area contributed by atoms with Crippen LogP contribution < -0.4 is 4.74 Å². The molecular formula is C21H29FN2O. The molecule has 0 aliphatic carbocycles. The van der Waals surface area contributed by atoms with E-state index < -0.39 is 6.17 Å². The topological polar surface area (TPSA) is 35.0 Å². The molecule has 0 saturated carbocycles. The van der Waals surface area contributed by atoms with E-state index in [1.54, 1.807) is 12.4 Å². The van der Waals surface area contributed by atoms with Crippen molar-refractivity contribution in [2.75, 3.05) is 6.61 Å². The van der Waals surface area contributed by atoms with E-state index in [0.717, 1.165) is 18.4 Å². The lowest BCUT2D eigenvalue weighted by atomic mass is 10.1. The summed E-state index contributed by atoms with van der Waals surface area (Å²) in [6, 6.07) is 8.09. The van der Waals surface area contributed by atoms with E-state index in [9.17, 15) is 4.39 Å². The average Bonchev–Trinajstić information content (AvgIpc) is 2.64. The number of ether oxygens (including phenoxy) is 1. The number of alkyl halides is 1. The normalized spacial score (nSPS) is 12.1. The fourth-order valence-corrected chi connectivity index (χ4v) is 2.67. The number of benzene rings is 1. The van der Waals surface area contributed by atoms with E-state index in [2.05, 4.69) is 23.8 Å². The maximum absolute atomic E-state index is 13.7. The van der Waals surface area contributed by atoms with E-state index in [1.165, 1.54) is 18.4 Å². The highest BCUT2D eigenvalue weighted by Crippen LogP contribution is 2.18. The molecule has 136 valence electrons. The van der Waals surface area contributed by atoms with Crippen molar-refractivity contribution in [2.45, 2.75) is 65.0 Å². The second kappa shape index (κ2) is 10.8. The van der Waals surface area contributed by atoms with Crippen molar-refractivity contribution in [1.82, 2.24) is 9.97 Å². The SMILES string of the molecule is CCCCCC[C@@H](F)CCCOc1cnc(-c2ccc(C)cc2)nc1. The molecule has 4 heteroatoms. The fraction of sp³-hybridized carbons (Fsp3) is 0.524. The van der Waals surface area contributed by atoms with Crippen molar-refractivity contribution in [2.24, 2.45) is 0 Å². The molecule has 25 heavy (non-hydrogen) atoms. The van der Waals surface area contributed by atoms with Gasteiger partial charge in [0.15, 0.2) is 11.6 Å². The Morgan fingerprint density at radius 3 is 2.32 bits per heavy atom. The first kappa shape index (κ1) is 19.4. The maximum Gasteiger partial charge on any atom is 0.159 e. The molecule has 1 aromatic carbocycles. The first-order valence-corrected chi connectivity index (χ1v) is 9.35. The molecule has 0 aliphatic heterocycles. The van der Waals surface area contributed by atoms with Crippen LogP contribution in [0, 0.1) is 6.92 Å². The zero-order valence-electron chi connectivity index (χ0n) is 15.4. The zero-order chi connectivity index (χ0) is 17.9. The molecule has 2 aromatic rings. The highest BCUT2D eigenvalue weighted by Gasteiger charge is 2.06. The van der Waals surface area contributed by atoms with Crippen LogP contribution in [-0.2, 0) is 0 Å². The Bertz CT molecular complexity index is 598. The smallest absolute Gasteiger partial charge is 0.159 e. The number of halogens is 1. The van der Waals surface area contributed by atoms with Crippen molar-refractivity contribution in [3.05, 3.63) is 42.2 Å². The lowest BCUT2D eigenvalue weighted by Crippen LogP contribution is -2.05. The minimum absolute atomic E-state index is 0.503. The molecule has 0 aliphatic rings. The first-order valence-electron chi connectivity index (χ1n) is 9.35. The highest BCUT2D eigenvalue weighted by atomic mass is 19.1. The average molecular weight is 344 g/mol. The van der Waals surface area contributed by atoms with Crippen LogP contribution in [-0.4, -0.2) is 22.7 Å². The first-order chi connectivity index (χ1) is 12.2. The van der Waals surface area contributed by atoms with E-state index in [0.29, 0.717) is 37.4 Å². The monoisotopic (exact) mass is 344 g/mol. The fourth-order valence-electron chi connectivity index (χ4n) is 2.67. The number of hydrogen-bond donors (Lipinski definition) is 0. The van der Waals surface area contributed by atoms with Crippen LogP contribution in [0.1, 0.15) is 57.4 Å². The van der Waals surface area contributed by atoms with Gasteiger partial charge in [0.1, 0.15) is 6.17 Å². The molecule has 0 amide bonds. The van der Waals surface area contributed by atoms with Crippen molar-refractivity contribution in [3.8, 4) is 17.1 Å². The minimum atomic E-state index is -0.708. The van der Waals surface area contributed by atoms with Gasteiger partial charge >= 0.3 is 0 Å². The largest absolute Gasteiger partial charge is 0.490 e. The molecule has 2 rings (SSSR count). The predicted octanol–water partition coefficient (Wildman–Crippen LogP) is 5.92. The Balaban J connectivity index is 1.67. The summed E-state index contributed by atoms with van der Waals surface area (Å²) in [6.45, 7) is 4.72. The lowest BCUT2D eigenvalue weighted by Gasteiger charge is -2.09. The summed E-state index contributed by atoms with van der Waals surface area (Å²) in [5, 5.41) is 0. The summed E-state index contributed by atoms with van der Waals surface area (Å²) < 4.78 is 19.4. The summed E-state index contributed by atoms with van der Waals surface area (Å²) in [4.78, 5) is 8.68. The van der Waals surface area contributed by atoms with Crippen LogP contribution >= 0.6 is 0 Å². The van der Waals surface area contributed by atoms with Crippen molar-refractivity contribution in [1.29, 1.82) is 0 Å². The molecule has 0 N–H and O–H groups in total. The standard InChI is InChI=1S/C21H29FN2O/c1-3-4-5-6-8-19(22)9-7-14-25-20-15-23-21(24-16-20)18-12-10-17(2)11-13-18/h10-13,15-16,19H,3-9,14H2,1-2H3/t19-/m1/s1. The van der Waals surface area contributed by atoms with Crippen LogP contribution in [0.2, 0.25) is 0 Å². The molecule has 0 spiro atoms. The van der Waals surface area contributed by atoms with Gasteiger partial charge in [-0.2, -0.15) is 0 Å². The van der Waals surface area contributed by atoms with E-state index in [1.807, 2.05) is 24.3 Å². The summed E-state index contributed by atoms with van der Waals surface area (Å²) in [5.41, 5.74) is 2.20. The van der Waals surface area contributed by atoms with Crippen molar-refractivity contribution in [3.63, 3.8) is 0 Å². The van der Waals surface area contributed by atoms with Gasteiger partial charge in [-0.15, -0.1) is 0 Å². The second-order valence-corrected chi connectivity index (χ2v) is 6.55. The molecule has 0 saturated heterocycles. The van der Waals surface area contributed by atoms with Gasteiger partial charge in [0.2, 0.25) is 0 Å². The third-order valence-electron chi connectivity index (χ3n) is 4.24. The predicted molar refractivity (Wildman–Crippen MR) is 101 cm³/mol. The Morgan fingerprint density at radius 2 is 1.64 bits per heavy atom. The Morgan fingerprint density at radius 1 is 0.960 bits per heavy atom. The van der Waals surface area contributed by atoms with Gasteiger partial charge in [-0.25, -0.2) is 14.4 Å². The van der Waals surface area contributed by atoms with Gasteiger partial charge in [0, 0.05) is 5.56 Å². The van der Waals surface area contributed by atoms with Gasteiger partial charge in [0.05, 0.1) is 19.0 Å². The molecule has 3 nitrogen and oxygen atoms in total. The molecule has 1 aromatic heterocycles. The Hall–Kier alpha value is -1.97. The third-order valence-corrected chi connectivity index (χ3v) is 4.24. The molecule has 0 fully saturated rings. The summed E-state index contributed by atoms with van der Waals surface area (Å²) in [7, 11) is 0. The molecule has 0 bridgehead atoms. The minimum Gasteiger partial charge on any atom is -0.490 e. The van der Waals surface area contributed by atoms with Gasteiger partial charge in [-0.05, 0) is 26.2 Å². The molecular weight excluding hydrogens is 315 g/mol. The summed E-state index contributed by atoms with van der Waals surface area (Å²) >= 11 is 0. The molecule has 0 unspecified atom stereocenters. The van der Waals surface area contributed by atoms with Gasteiger partial charge < -0.3 is 4.74 Å². The van der Waals surface area contributed by atoms with Crippen LogP contribution in [0.5, 0.6) is 5.75 Å². The van der Waals surface area contributed by atoms with Crippen LogP contribution in [0.3, 0.4) is 0 Å². The number of hydrogen-bond acceptors (Lipinski definition) is 3. The van der Waals surface area contributed by atoms with Gasteiger partial charge in [0.25, 0.3) is 0 Å². The van der Waals surface area contributed by atoms with Crippen molar-refractivity contribution < 1.29 is 9.13 Å². The van der Waals surface area contributed by atoms with E-state index in [-0.39, 0.29) is 0 Å². The highest BCUT2D eigenvalue weighted by molar-refractivity contribution is 5.55. The van der Waals surface area contributed by atoms with Crippen LogP contribution in [0.15, 0.2) is 36.7 Å². The Labute approximate surface area is 150 Å². The maximum atomic E-state index is 13.7. The second-order valence-electron chi connectivity index (χ2n) is 6.55. The quantitative estimate of drug-likeness (QED) is 0.475. The third kappa shape index (κ3) is 7.20. The van der Waals surface area contributed by atoms with E-state index in [4.69, 9.17) is 4.74 Å². The van der Waals surface area contributed by atoms with Crippen LogP contribution in [0.25, 0.3) is 11.4 Å².